The van der Waals surface area contributed by atoms with Crippen LogP contribution in [0.3, 0.4) is 0 Å². The number of carboxylic acid groups (broad SMARTS) is 1. The van der Waals surface area contributed by atoms with Gasteiger partial charge in [0.25, 0.3) is 0 Å². The molecule has 3 rings (SSSR count). The molecule has 0 spiro atoms. The SMILES string of the molecule is COc1ccc(-c2cc(F)ccc2CN2C=CP(=O)(O)[C@](CCCCN)(C(=O)O)C2)cc1OC. The number of aliphatic carboxylic acids is 1. The van der Waals surface area contributed by atoms with Crippen molar-refractivity contribution in [1.29, 1.82) is 0 Å². The van der Waals surface area contributed by atoms with Crippen LogP contribution in [0.4, 0.5) is 4.39 Å². The zero-order chi connectivity index (χ0) is 24.9. The molecule has 2 aromatic rings. The first-order valence-electron chi connectivity index (χ1n) is 10.9. The number of benzene rings is 2. The van der Waals surface area contributed by atoms with E-state index in [0.29, 0.717) is 47.6 Å². The van der Waals surface area contributed by atoms with E-state index >= 15 is 0 Å². The first-order valence-corrected chi connectivity index (χ1v) is 12.6. The fraction of sp³-hybridized carbons (Fsp3) is 0.375. The topological polar surface area (TPSA) is 122 Å². The molecule has 184 valence electrons. The summed E-state index contributed by atoms with van der Waals surface area (Å²) in [6.45, 7) is 0.432. The van der Waals surface area contributed by atoms with Crippen molar-refractivity contribution in [3.8, 4) is 22.6 Å². The first kappa shape index (κ1) is 25.7. The molecule has 10 heteroatoms. The van der Waals surface area contributed by atoms with E-state index in [0.717, 1.165) is 5.82 Å². The van der Waals surface area contributed by atoms with Crippen LogP contribution in [0.5, 0.6) is 11.5 Å². The van der Waals surface area contributed by atoms with Crippen molar-refractivity contribution in [2.45, 2.75) is 31.0 Å². The molecule has 34 heavy (non-hydrogen) atoms. The van der Waals surface area contributed by atoms with Gasteiger partial charge in [0.2, 0.25) is 7.37 Å². The second-order valence-electron chi connectivity index (χ2n) is 8.28. The van der Waals surface area contributed by atoms with E-state index in [1.807, 2.05) is 0 Å². The third-order valence-corrected chi connectivity index (χ3v) is 8.46. The second kappa shape index (κ2) is 10.6. The summed E-state index contributed by atoms with van der Waals surface area (Å²) in [4.78, 5) is 24.5. The van der Waals surface area contributed by atoms with Gasteiger partial charge in [0.1, 0.15) is 5.82 Å². The van der Waals surface area contributed by atoms with Gasteiger partial charge in [-0.05, 0) is 60.3 Å². The molecule has 1 aliphatic rings. The van der Waals surface area contributed by atoms with E-state index in [1.165, 1.54) is 32.6 Å². The molecule has 0 saturated heterocycles. The van der Waals surface area contributed by atoms with Gasteiger partial charge in [0, 0.05) is 25.1 Å². The van der Waals surface area contributed by atoms with Gasteiger partial charge in [0.15, 0.2) is 16.7 Å². The Morgan fingerprint density at radius 1 is 1.18 bits per heavy atom. The zero-order valence-corrected chi connectivity index (χ0v) is 20.1. The van der Waals surface area contributed by atoms with Crippen LogP contribution in [-0.4, -0.2) is 53.3 Å². The van der Waals surface area contributed by atoms with E-state index in [1.54, 1.807) is 29.2 Å². The summed E-state index contributed by atoms with van der Waals surface area (Å²) in [7, 11) is -1.08. The summed E-state index contributed by atoms with van der Waals surface area (Å²) in [6, 6.07) is 9.59. The summed E-state index contributed by atoms with van der Waals surface area (Å²) in [5.41, 5.74) is 7.53. The minimum atomic E-state index is -4.12. The monoisotopic (exact) mass is 492 g/mol. The minimum Gasteiger partial charge on any atom is -0.493 e. The molecule has 4 N–H and O–H groups in total. The average Bonchev–Trinajstić information content (AvgIpc) is 2.81. The molecule has 0 fully saturated rings. The Labute approximate surface area is 198 Å². The summed E-state index contributed by atoms with van der Waals surface area (Å²) < 4.78 is 37.8. The van der Waals surface area contributed by atoms with Gasteiger partial charge in [-0.2, -0.15) is 0 Å². The molecule has 0 amide bonds. The number of nitrogens with zero attached hydrogens (tertiary/aromatic N) is 1. The molecule has 1 aliphatic heterocycles. The lowest BCUT2D eigenvalue weighted by Crippen LogP contribution is -2.49. The highest BCUT2D eigenvalue weighted by atomic mass is 31.2. The van der Waals surface area contributed by atoms with Gasteiger partial charge in [0.05, 0.1) is 14.2 Å². The van der Waals surface area contributed by atoms with Crippen LogP contribution < -0.4 is 15.2 Å². The Morgan fingerprint density at radius 3 is 2.56 bits per heavy atom. The maximum Gasteiger partial charge on any atom is 0.321 e. The first-order chi connectivity index (χ1) is 16.2. The van der Waals surface area contributed by atoms with Gasteiger partial charge >= 0.3 is 5.97 Å². The molecule has 0 saturated carbocycles. The van der Waals surface area contributed by atoms with Crippen molar-refractivity contribution < 1.29 is 33.2 Å². The van der Waals surface area contributed by atoms with E-state index in [4.69, 9.17) is 15.2 Å². The lowest BCUT2D eigenvalue weighted by molar-refractivity contribution is -0.141. The van der Waals surface area contributed by atoms with Gasteiger partial charge in [-0.1, -0.05) is 18.6 Å². The van der Waals surface area contributed by atoms with E-state index in [2.05, 4.69) is 0 Å². The van der Waals surface area contributed by atoms with Gasteiger partial charge < -0.3 is 30.1 Å². The van der Waals surface area contributed by atoms with Crippen molar-refractivity contribution >= 4 is 13.3 Å². The van der Waals surface area contributed by atoms with Crippen molar-refractivity contribution in [2.75, 3.05) is 27.3 Å². The number of carboxylic acids is 1. The molecule has 0 bridgehead atoms. The zero-order valence-electron chi connectivity index (χ0n) is 19.2. The van der Waals surface area contributed by atoms with Crippen LogP contribution in [0.2, 0.25) is 0 Å². The van der Waals surface area contributed by atoms with Crippen LogP contribution in [0.15, 0.2) is 48.4 Å². The fourth-order valence-electron chi connectivity index (χ4n) is 4.22. The number of carbonyl (C=O) groups is 1. The van der Waals surface area contributed by atoms with Gasteiger partial charge in [-0.25, -0.2) is 4.39 Å². The van der Waals surface area contributed by atoms with Crippen LogP contribution in [0, 0.1) is 5.82 Å². The highest BCUT2D eigenvalue weighted by molar-refractivity contribution is 7.64. The Morgan fingerprint density at radius 2 is 1.91 bits per heavy atom. The molecule has 2 aromatic carbocycles. The highest BCUT2D eigenvalue weighted by Crippen LogP contribution is 2.60. The van der Waals surface area contributed by atoms with E-state index in [9.17, 15) is 23.7 Å². The molecule has 1 unspecified atom stereocenters. The molecule has 8 nitrogen and oxygen atoms in total. The van der Waals surface area contributed by atoms with Crippen LogP contribution in [0.25, 0.3) is 11.1 Å². The largest absolute Gasteiger partial charge is 0.493 e. The van der Waals surface area contributed by atoms with Crippen LogP contribution >= 0.6 is 7.37 Å². The summed E-state index contributed by atoms with van der Waals surface area (Å²) in [6.07, 6.45) is 2.45. The number of nitrogens with two attached hydrogens (primary N) is 1. The number of rotatable bonds is 10. The molecular weight excluding hydrogens is 462 g/mol. The van der Waals surface area contributed by atoms with E-state index < -0.39 is 24.3 Å². The number of methoxy groups -OCH3 is 2. The van der Waals surface area contributed by atoms with E-state index in [-0.39, 0.29) is 19.5 Å². The lowest BCUT2D eigenvalue weighted by atomic mass is 9.97. The number of ether oxygens (including phenoxy) is 2. The third-order valence-electron chi connectivity index (χ3n) is 6.14. The highest BCUT2D eigenvalue weighted by Gasteiger charge is 2.54. The Bertz CT molecular complexity index is 1120. The molecule has 0 aromatic heterocycles. The van der Waals surface area contributed by atoms with Crippen LogP contribution in [0.1, 0.15) is 24.8 Å². The molecular formula is C24H30FN2O6P. The Hall–Kier alpha value is -2.87. The fourth-order valence-corrected chi connectivity index (χ4v) is 6.01. The molecule has 0 radical (unpaired) electrons. The summed E-state index contributed by atoms with van der Waals surface area (Å²) in [5.74, 6) is 0.366. The predicted molar refractivity (Wildman–Crippen MR) is 128 cm³/mol. The normalized spacial score (nSPS) is 22.0. The van der Waals surface area contributed by atoms with Gasteiger partial charge in [-0.15, -0.1) is 0 Å². The maximum atomic E-state index is 14.2. The lowest BCUT2D eigenvalue weighted by Gasteiger charge is -2.40. The van der Waals surface area contributed by atoms with Crippen molar-refractivity contribution in [1.82, 2.24) is 4.90 Å². The molecule has 1 heterocycles. The standard InChI is InChI=1S/C24H30FN2O6P/c1-32-21-8-6-17(13-22(21)33-2)20-14-19(25)7-5-18(20)15-27-11-12-34(30,31)24(16-27,23(28)29)9-3-4-10-26/h5-8,11-14H,3-4,9-10,15-16,26H2,1-2H3,(H,28,29)(H,30,31)/t24-/m0/s1. The molecule has 0 aliphatic carbocycles. The summed E-state index contributed by atoms with van der Waals surface area (Å²) in [5, 5.41) is 8.15. The van der Waals surface area contributed by atoms with Crippen molar-refractivity contribution in [3.05, 3.63) is 59.8 Å². The Kier molecular flexibility index (Phi) is 8.02. The van der Waals surface area contributed by atoms with Crippen LogP contribution in [-0.2, 0) is 15.9 Å². The average molecular weight is 492 g/mol. The number of hydrogen-bond donors (Lipinski definition) is 3. The third kappa shape index (κ3) is 5.12. The quantitative estimate of drug-likeness (QED) is 0.336. The summed E-state index contributed by atoms with van der Waals surface area (Å²) >= 11 is 0. The van der Waals surface area contributed by atoms with Gasteiger partial charge in [-0.3, -0.25) is 9.36 Å². The van der Waals surface area contributed by atoms with Crippen molar-refractivity contribution in [3.63, 3.8) is 0 Å². The Balaban J connectivity index is 1.97. The molecule has 2 atom stereocenters. The minimum absolute atomic E-state index is 0.0279. The number of hydrogen-bond acceptors (Lipinski definition) is 6. The smallest absolute Gasteiger partial charge is 0.321 e. The predicted octanol–water partition coefficient (Wildman–Crippen LogP) is 4.02. The number of unbranched alkanes of at least 4 members (excludes halogenated alkanes) is 1. The maximum absolute atomic E-state index is 14.2. The van der Waals surface area contributed by atoms with Crippen molar-refractivity contribution in [2.24, 2.45) is 5.73 Å². The second-order valence-corrected chi connectivity index (χ2v) is 10.7. The number of halogens is 1.